The Morgan fingerprint density at radius 3 is 1.83 bits per heavy atom. The van der Waals surface area contributed by atoms with E-state index in [2.05, 4.69) is 0 Å². The molecule has 16 heteroatoms. The zero-order chi connectivity index (χ0) is 30.2. The molecule has 0 aromatic heterocycles. The maximum absolute atomic E-state index is 11.6. The number of benzene rings is 1. The summed E-state index contributed by atoms with van der Waals surface area (Å²) in [6, 6.07) is 4.27. The lowest BCUT2D eigenvalue weighted by atomic mass is 9.87. The van der Waals surface area contributed by atoms with Crippen LogP contribution in [0.2, 0.25) is 0 Å². The zero-order valence-corrected chi connectivity index (χ0v) is 22.3. The number of nitro benzene ring substituents is 1. The van der Waals surface area contributed by atoms with Crippen molar-refractivity contribution in [2.24, 2.45) is 0 Å². The molecule has 1 aliphatic rings. The quantitative estimate of drug-likeness (QED) is 0.0656. The number of nitrogens with zero attached hydrogens (tertiary/aromatic N) is 4. The maximum Gasteiger partial charge on any atom is 0.317 e. The van der Waals surface area contributed by atoms with E-state index in [0.29, 0.717) is 18.4 Å². The minimum Gasteiger partial charge on any atom is -0.480 e. The Bertz CT molecular complexity index is 996. The van der Waals surface area contributed by atoms with Crippen LogP contribution in [-0.4, -0.2) is 119 Å². The van der Waals surface area contributed by atoms with Gasteiger partial charge in [-0.1, -0.05) is 25.0 Å². The zero-order valence-electron chi connectivity index (χ0n) is 22.3. The van der Waals surface area contributed by atoms with E-state index >= 15 is 0 Å². The normalized spacial score (nSPS) is 17.5. The molecular weight excluding hydrogens is 548 g/mol. The summed E-state index contributed by atoms with van der Waals surface area (Å²) >= 11 is 0. The van der Waals surface area contributed by atoms with Crippen LogP contribution in [0.4, 0.5) is 5.69 Å². The second kappa shape index (κ2) is 17.5. The van der Waals surface area contributed by atoms with Gasteiger partial charge in [0.25, 0.3) is 25.1 Å². The molecule has 1 aromatic carbocycles. The predicted molar refractivity (Wildman–Crippen MR) is 138 cm³/mol. The van der Waals surface area contributed by atoms with E-state index in [0.717, 1.165) is 12.8 Å². The number of carboxylic acids is 2. The highest BCUT2D eigenvalue weighted by atomic mass is 16.6. The van der Waals surface area contributed by atoms with Gasteiger partial charge in [-0.05, 0) is 24.8 Å². The van der Waals surface area contributed by atoms with E-state index in [1.165, 1.54) is 21.9 Å². The highest BCUT2D eigenvalue weighted by molar-refractivity contribution is 5.72. The van der Waals surface area contributed by atoms with E-state index in [1.54, 1.807) is 17.0 Å². The van der Waals surface area contributed by atoms with Gasteiger partial charge in [0, 0.05) is 36.8 Å². The Hall–Kier alpha value is -4.15. The number of non-ortho nitro benzene ring substituents is 1. The van der Waals surface area contributed by atoms with Crippen LogP contribution in [-0.2, 0) is 44.6 Å². The summed E-state index contributed by atoms with van der Waals surface area (Å²) in [4.78, 5) is 71.5. The third kappa shape index (κ3) is 11.1. The van der Waals surface area contributed by atoms with Crippen molar-refractivity contribution in [3.63, 3.8) is 0 Å². The summed E-state index contributed by atoms with van der Waals surface area (Å²) in [6.07, 6.45) is 2.76. The molecular formula is C25H34N4O12. The molecule has 1 aliphatic carbocycles. The summed E-state index contributed by atoms with van der Waals surface area (Å²) in [5.74, 6) is -2.38. The molecule has 16 nitrogen and oxygen atoms in total. The molecule has 2 N–H and O–H groups in total. The maximum atomic E-state index is 11.6. The molecule has 0 amide bonds. The second-order valence-electron chi connectivity index (χ2n) is 9.43. The Kier molecular flexibility index (Phi) is 14.1. The standard InChI is InChI=1S/C25H34N4O12/c30-16-39-13-27(23-4-2-1-3-22(23)26(11-24(33)34)12-25(35)36)10-21(28(14-40-17-31)15-41-18-32)9-19-5-7-20(8-6-19)29(37)38/h5-8,16-18,21-23H,1-4,9-15H2,(H,33,34)(H,35,36)/t21-,22-,23-/m1/s1. The Morgan fingerprint density at radius 2 is 1.37 bits per heavy atom. The van der Waals surface area contributed by atoms with Gasteiger partial charge in [-0.2, -0.15) is 0 Å². The second-order valence-corrected chi connectivity index (χ2v) is 9.43. The fourth-order valence-corrected chi connectivity index (χ4v) is 5.10. The van der Waals surface area contributed by atoms with Crippen LogP contribution >= 0.6 is 0 Å². The van der Waals surface area contributed by atoms with E-state index in [4.69, 9.17) is 14.2 Å². The number of carbonyl (C=O) groups excluding carboxylic acids is 3. The van der Waals surface area contributed by atoms with Gasteiger partial charge in [-0.15, -0.1) is 0 Å². The number of hydrogen-bond acceptors (Lipinski definition) is 13. The van der Waals surface area contributed by atoms with Crippen LogP contribution in [0.15, 0.2) is 24.3 Å². The number of rotatable bonds is 21. The molecule has 0 unspecified atom stereocenters. The van der Waals surface area contributed by atoms with Crippen LogP contribution in [0.25, 0.3) is 0 Å². The minimum absolute atomic E-state index is 0.112. The monoisotopic (exact) mass is 582 g/mol. The molecule has 41 heavy (non-hydrogen) atoms. The number of ether oxygens (including phenoxy) is 3. The molecule has 0 saturated heterocycles. The molecule has 0 radical (unpaired) electrons. The summed E-state index contributed by atoms with van der Waals surface area (Å²) in [5.41, 5.74) is 0.552. The molecule has 2 rings (SSSR count). The van der Waals surface area contributed by atoms with Crippen LogP contribution in [0, 0.1) is 10.1 Å². The van der Waals surface area contributed by atoms with Crippen molar-refractivity contribution in [1.82, 2.24) is 14.7 Å². The third-order valence-corrected chi connectivity index (χ3v) is 6.81. The SMILES string of the molecule is O=COCN(COC=O)[C@H](Cc1ccc([N+](=O)[O-])cc1)CN(COC=O)[C@@H]1CCCC[C@H]1N(CC(=O)O)CC(=O)O. The van der Waals surface area contributed by atoms with Gasteiger partial charge in [0.15, 0.2) is 0 Å². The van der Waals surface area contributed by atoms with Crippen LogP contribution in [0.3, 0.4) is 0 Å². The third-order valence-electron chi connectivity index (χ3n) is 6.81. The van der Waals surface area contributed by atoms with Crippen molar-refractivity contribution in [3.05, 3.63) is 39.9 Å². The lowest BCUT2D eigenvalue weighted by molar-refractivity contribution is -0.384. The largest absolute Gasteiger partial charge is 0.480 e. The average Bonchev–Trinajstić information content (AvgIpc) is 2.94. The van der Waals surface area contributed by atoms with Gasteiger partial charge in [0.05, 0.1) is 18.0 Å². The number of nitro groups is 1. The summed E-state index contributed by atoms with van der Waals surface area (Å²) in [5, 5.41) is 30.0. The molecule has 0 spiro atoms. The Labute approximate surface area is 235 Å². The highest BCUT2D eigenvalue weighted by Crippen LogP contribution is 2.28. The van der Waals surface area contributed by atoms with Gasteiger partial charge in [-0.3, -0.25) is 43.9 Å². The van der Waals surface area contributed by atoms with E-state index < -0.39 is 48.1 Å². The van der Waals surface area contributed by atoms with Crippen LogP contribution < -0.4 is 0 Å². The van der Waals surface area contributed by atoms with Crippen LogP contribution in [0.1, 0.15) is 31.2 Å². The molecule has 1 saturated carbocycles. The van der Waals surface area contributed by atoms with Gasteiger partial charge >= 0.3 is 11.9 Å². The van der Waals surface area contributed by atoms with Gasteiger partial charge in [0.1, 0.15) is 20.2 Å². The number of hydrogen-bond donors (Lipinski definition) is 2. The van der Waals surface area contributed by atoms with E-state index in [1.807, 2.05) is 0 Å². The van der Waals surface area contributed by atoms with Crippen molar-refractivity contribution in [3.8, 4) is 0 Å². The number of aliphatic carboxylic acids is 2. The molecule has 0 bridgehead atoms. The van der Waals surface area contributed by atoms with Crippen molar-refractivity contribution < 1.29 is 53.3 Å². The summed E-state index contributed by atoms with van der Waals surface area (Å²) in [6.45, 7) is -0.982. The number of carbonyl (C=O) groups is 5. The van der Waals surface area contributed by atoms with Gasteiger partial charge < -0.3 is 24.4 Å². The lowest BCUT2D eigenvalue weighted by Crippen LogP contribution is -2.58. The van der Waals surface area contributed by atoms with E-state index in [-0.39, 0.29) is 58.3 Å². The lowest BCUT2D eigenvalue weighted by Gasteiger charge is -2.45. The number of carboxylic acid groups (broad SMARTS) is 2. The molecule has 0 aliphatic heterocycles. The summed E-state index contributed by atoms with van der Waals surface area (Å²) in [7, 11) is 0. The molecule has 1 fully saturated rings. The fraction of sp³-hybridized carbons (Fsp3) is 0.560. The molecule has 226 valence electrons. The molecule has 3 atom stereocenters. The Morgan fingerprint density at radius 1 is 0.878 bits per heavy atom. The fourth-order valence-electron chi connectivity index (χ4n) is 5.10. The minimum atomic E-state index is -1.19. The molecule has 1 aromatic rings. The summed E-state index contributed by atoms with van der Waals surface area (Å²) < 4.78 is 15.0. The van der Waals surface area contributed by atoms with Gasteiger partial charge in [-0.25, -0.2) is 4.90 Å². The topological polar surface area (TPSA) is 206 Å². The first-order chi connectivity index (χ1) is 19.7. The van der Waals surface area contributed by atoms with Gasteiger partial charge in [0.2, 0.25) is 0 Å². The van der Waals surface area contributed by atoms with Crippen molar-refractivity contribution >= 4 is 37.0 Å². The highest BCUT2D eigenvalue weighted by Gasteiger charge is 2.37. The Balaban J connectivity index is 2.46. The van der Waals surface area contributed by atoms with Crippen LogP contribution in [0.5, 0.6) is 0 Å². The van der Waals surface area contributed by atoms with Crippen molar-refractivity contribution in [2.75, 3.05) is 39.8 Å². The first-order valence-corrected chi connectivity index (χ1v) is 12.7. The first kappa shape index (κ1) is 33.1. The van der Waals surface area contributed by atoms with E-state index in [9.17, 15) is 44.3 Å². The average molecular weight is 583 g/mol. The van der Waals surface area contributed by atoms with Crippen molar-refractivity contribution in [2.45, 2.75) is 50.2 Å². The molecule has 0 heterocycles. The smallest absolute Gasteiger partial charge is 0.317 e. The predicted octanol–water partition coefficient (Wildman–Crippen LogP) is 0.284. The first-order valence-electron chi connectivity index (χ1n) is 12.7. The van der Waals surface area contributed by atoms with Crippen molar-refractivity contribution in [1.29, 1.82) is 0 Å².